The molecule has 4 unspecified atom stereocenters. The molecule has 1 heterocycles. The van der Waals surface area contributed by atoms with Crippen molar-refractivity contribution in [2.45, 2.75) is 85.1 Å². The molecule has 0 saturated heterocycles. The summed E-state index contributed by atoms with van der Waals surface area (Å²) in [7, 11) is 0. The Kier molecular flexibility index (Phi) is 6.41. The molecule has 5 rings (SSSR count). The highest BCUT2D eigenvalue weighted by Gasteiger charge is 2.57. The Morgan fingerprint density at radius 2 is 2.00 bits per heavy atom. The first-order chi connectivity index (χ1) is 15.5. The van der Waals surface area contributed by atoms with Gasteiger partial charge in [-0.3, -0.25) is 4.68 Å². The minimum atomic E-state index is 0.486. The molecule has 0 N–H and O–H groups in total. The van der Waals surface area contributed by atoms with Crippen LogP contribution in [0.4, 0.5) is 0 Å². The zero-order valence-electron chi connectivity index (χ0n) is 20.5. The van der Waals surface area contributed by atoms with Crippen molar-refractivity contribution in [2.75, 3.05) is 13.2 Å². The molecule has 9 atom stereocenters. The molecule has 0 radical (unpaired) electrons. The highest BCUT2D eigenvalue weighted by atomic mass is 16.5. The third-order valence-electron chi connectivity index (χ3n) is 10.7. The fourth-order valence-corrected chi connectivity index (χ4v) is 9.33. The summed E-state index contributed by atoms with van der Waals surface area (Å²) in [6, 6.07) is 4.15. The van der Waals surface area contributed by atoms with Crippen LogP contribution >= 0.6 is 0 Å². The van der Waals surface area contributed by atoms with E-state index in [4.69, 9.17) is 4.74 Å². The molecule has 1 aromatic rings. The van der Waals surface area contributed by atoms with Crippen molar-refractivity contribution >= 4 is 0 Å². The number of rotatable bonds is 6. The van der Waals surface area contributed by atoms with Gasteiger partial charge < -0.3 is 4.74 Å². The first-order valence-electron chi connectivity index (χ1n) is 13.5. The van der Waals surface area contributed by atoms with Crippen LogP contribution in [-0.2, 0) is 11.3 Å². The van der Waals surface area contributed by atoms with Gasteiger partial charge in [0.2, 0.25) is 0 Å². The summed E-state index contributed by atoms with van der Waals surface area (Å²) in [6.45, 7) is 9.95. The minimum absolute atomic E-state index is 0.486. The summed E-state index contributed by atoms with van der Waals surface area (Å²) in [6.07, 6.45) is 14.7. The van der Waals surface area contributed by atoms with Crippen molar-refractivity contribution in [1.82, 2.24) is 9.78 Å². The number of hydrogen-bond donors (Lipinski definition) is 0. The molecule has 0 aromatic carbocycles. The molecular weight excluding hydrogens is 394 g/mol. The second-order valence-corrected chi connectivity index (χ2v) is 12.0. The van der Waals surface area contributed by atoms with E-state index in [0.717, 1.165) is 61.2 Å². The average Bonchev–Trinajstić information content (AvgIpc) is 3.40. The van der Waals surface area contributed by atoms with Gasteiger partial charge >= 0.3 is 0 Å². The van der Waals surface area contributed by atoms with Crippen molar-refractivity contribution in [3.8, 4) is 6.07 Å². The topological polar surface area (TPSA) is 50.8 Å². The van der Waals surface area contributed by atoms with E-state index in [2.05, 4.69) is 31.9 Å². The normalized spacial score (nSPS) is 41.9. The Morgan fingerprint density at radius 1 is 1.16 bits per heavy atom. The molecule has 32 heavy (non-hydrogen) atoms. The van der Waals surface area contributed by atoms with E-state index in [0.29, 0.717) is 17.0 Å². The minimum Gasteiger partial charge on any atom is -0.381 e. The average molecular weight is 438 g/mol. The van der Waals surface area contributed by atoms with E-state index >= 15 is 0 Å². The standard InChI is InChI=1S/C28H43N3O/c1-4-32-18-20-5-7-23-21(15-20)6-8-25-24(23)11-13-28(3)26(9-10-27(25)28)19(2)17-31-22(16-29)12-14-30-31/h12,14,19-21,23-27H,4-11,13,15,17-18H2,1-3H3/t19-,20+,21?,23+,24?,25-,26?,27?,28-/m1/s1. The van der Waals surface area contributed by atoms with Gasteiger partial charge in [0.05, 0.1) is 6.20 Å². The van der Waals surface area contributed by atoms with Gasteiger partial charge in [-0.2, -0.15) is 10.4 Å². The lowest BCUT2D eigenvalue weighted by atomic mass is 9.49. The maximum Gasteiger partial charge on any atom is 0.138 e. The van der Waals surface area contributed by atoms with Gasteiger partial charge in [-0.15, -0.1) is 0 Å². The number of aromatic nitrogens is 2. The van der Waals surface area contributed by atoms with Crippen LogP contribution in [0.2, 0.25) is 0 Å². The Hall–Kier alpha value is -1.34. The molecule has 0 spiro atoms. The highest BCUT2D eigenvalue weighted by Crippen LogP contribution is 2.65. The van der Waals surface area contributed by atoms with Crippen LogP contribution in [-0.4, -0.2) is 23.0 Å². The molecule has 4 aliphatic carbocycles. The fraction of sp³-hybridized carbons (Fsp3) is 0.857. The Morgan fingerprint density at radius 3 is 2.81 bits per heavy atom. The third kappa shape index (κ3) is 3.83. The quantitative estimate of drug-likeness (QED) is 0.524. The SMILES string of the molecule is CCOC[C@H]1CC[C@H]2C(CC[C@@H]3C2CC[C@@]2(C)C3CCC2[C@H](C)Cn2nccc2C#N)C1. The van der Waals surface area contributed by atoms with Gasteiger partial charge in [-0.25, -0.2) is 0 Å². The van der Waals surface area contributed by atoms with E-state index in [1.807, 2.05) is 10.7 Å². The molecule has 0 amide bonds. The monoisotopic (exact) mass is 437 g/mol. The van der Waals surface area contributed by atoms with Gasteiger partial charge in [0.1, 0.15) is 11.8 Å². The number of nitrogens with zero attached hydrogens (tertiary/aromatic N) is 3. The van der Waals surface area contributed by atoms with Crippen LogP contribution < -0.4 is 0 Å². The molecule has 4 heteroatoms. The Labute approximate surface area is 195 Å². The summed E-state index contributed by atoms with van der Waals surface area (Å²) < 4.78 is 7.73. The number of ether oxygens (including phenoxy) is 1. The lowest BCUT2D eigenvalue weighted by molar-refractivity contribution is -0.0786. The maximum absolute atomic E-state index is 9.39. The maximum atomic E-state index is 9.39. The van der Waals surface area contributed by atoms with Crippen LogP contribution in [0, 0.1) is 64.1 Å². The molecule has 4 fully saturated rings. The Balaban J connectivity index is 1.26. The van der Waals surface area contributed by atoms with Crippen molar-refractivity contribution in [1.29, 1.82) is 5.26 Å². The summed E-state index contributed by atoms with van der Waals surface area (Å²) in [5.41, 5.74) is 1.19. The smallest absolute Gasteiger partial charge is 0.138 e. The van der Waals surface area contributed by atoms with Gasteiger partial charge in [-0.05, 0) is 124 Å². The van der Waals surface area contributed by atoms with Gasteiger partial charge in [-0.1, -0.05) is 13.8 Å². The summed E-state index contributed by atoms with van der Waals surface area (Å²) in [5.74, 6) is 7.01. The second-order valence-electron chi connectivity index (χ2n) is 12.0. The third-order valence-corrected chi connectivity index (χ3v) is 10.7. The first kappa shape index (κ1) is 22.5. The van der Waals surface area contributed by atoms with E-state index in [1.165, 1.54) is 57.8 Å². The fourth-order valence-electron chi connectivity index (χ4n) is 9.33. The number of fused-ring (bicyclic) bond motifs is 5. The van der Waals surface area contributed by atoms with Crippen molar-refractivity contribution < 1.29 is 4.74 Å². The molecule has 176 valence electrons. The second kappa shape index (κ2) is 9.13. The molecule has 0 aliphatic heterocycles. The van der Waals surface area contributed by atoms with E-state index in [1.54, 1.807) is 6.20 Å². The predicted molar refractivity (Wildman–Crippen MR) is 127 cm³/mol. The number of hydrogen-bond acceptors (Lipinski definition) is 3. The van der Waals surface area contributed by atoms with Gasteiger partial charge in [0.15, 0.2) is 0 Å². The van der Waals surface area contributed by atoms with Crippen LogP contribution in [0.25, 0.3) is 0 Å². The summed E-state index contributed by atoms with van der Waals surface area (Å²) in [5, 5.41) is 13.8. The Bertz CT molecular complexity index is 827. The van der Waals surface area contributed by atoms with E-state index < -0.39 is 0 Å². The summed E-state index contributed by atoms with van der Waals surface area (Å²) in [4.78, 5) is 0. The van der Waals surface area contributed by atoms with Crippen LogP contribution in [0.3, 0.4) is 0 Å². The zero-order valence-corrected chi connectivity index (χ0v) is 20.5. The van der Waals surface area contributed by atoms with Gasteiger partial charge in [0.25, 0.3) is 0 Å². The molecule has 0 bridgehead atoms. The predicted octanol–water partition coefficient (Wildman–Crippen LogP) is 6.31. The molecule has 4 saturated carbocycles. The van der Waals surface area contributed by atoms with Crippen LogP contribution in [0.1, 0.15) is 84.3 Å². The van der Waals surface area contributed by atoms with Crippen LogP contribution in [0.15, 0.2) is 12.3 Å². The van der Waals surface area contributed by atoms with Crippen molar-refractivity contribution in [3.63, 3.8) is 0 Å². The lowest BCUT2D eigenvalue weighted by Gasteiger charge is -2.57. The molecule has 1 aromatic heterocycles. The molecular formula is C28H43N3O. The van der Waals surface area contributed by atoms with Crippen LogP contribution in [0.5, 0.6) is 0 Å². The van der Waals surface area contributed by atoms with E-state index in [9.17, 15) is 5.26 Å². The van der Waals surface area contributed by atoms with Crippen molar-refractivity contribution in [2.24, 2.45) is 52.8 Å². The highest BCUT2D eigenvalue weighted by molar-refractivity contribution is 5.18. The lowest BCUT2D eigenvalue weighted by Crippen LogP contribution is -2.49. The first-order valence-corrected chi connectivity index (χ1v) is 13.5. The molecule has 4 aliphatic rings. The largest absolute Gasteiger partial charge is 0.381 e. The summed E-state index contributed by atoms with van der Waals surface area (Å²) >= 11 is 0. The number of nitriles is 1. The molecule has 4 nitrogen and oxygen atoms in total. The van der Waals surface area contributed by atoms with Crippen molar-refractivity contribution in [3.05, 3.63) is 18.0 Å². The van der Waals surface area contributed by atoms with E-state index in [-0.39, 0.29) is 0 Å². The zero-order chi connectivity index (χ0) is 22.3. The van der Waals surface area contributed by atoms with Gasteiger partial charge in [0, 0.05) is 19.8 Å².